The zero-order valence-electron chi connectivity index (χ0n) is 11.1. The van der Waals surface area contributed by atoms with Crippen molar-refractivity contribution in [1.29, 1.82) is 0 Å². The maximum atomic E-state index is 10.3. The smallest absolute Gasteiger partial charge is 0.161 e. The van der Waals surface area contributed by atoms with Crippen molar-refractivity contribution in [3.8, 4) is 0 Å². The van der Waals surface area contributed by atoms with Crippen LogP contribution in [0, 0.1) is 4.91 Å². The van der Waals surface area contributed by atoms with E-state index in [0.29, 0.717) is 19.3 Å². The highest BCUT2D eigenvalue weighted by atomic mass is 16.7. The molecule has 0 bridgehead atoms. The molecule has 2 aliphatic heterocycles. The average Bonchev–Trinajstić information content (AvgIpc) is 2.38. The Kier molecular flexibility index (Phi) is 5.82. The highest BCUT2D eigenvalue weighted by Gasteiger charge is 2.35. The quantitative estimate of drug-likeness (QED) is 0.564. The molecular formula is C12H21NO7. The van der Waals surface area contributed by atoms with Crippen molar-refractivity contribution < 1.29 is 29.5 Å². The molecule has 2 aliphatic rings. The van der Waals surface area contributed by atoms with Crippen LogP contribution in [0.15, 0.2) is 5.18 Å². The average molecular weight is 291 g/mol. The molecule has 0 amide bonds. The van der Waals surface area contributed by atoms with Gasteiger partial charge in [-0.15, -0.1) is 0 Å². The number of aliphatic hydroxyl groups excluding tert-OH is 3. The van der Waals surface area contributed by atoms with Gasteiger partial charge >= 0.3 is 0 Å². The van der Waals surface area contributed by atoms with Gasteiger partial charge in [0.1, 0.15) is 12.6 Å². The van der Waals surface area contributed by atoms with Gasteiger partial charge in [0.25, 0.3) is 0 Å². The van der Waals surface area contributed by atoms with E-state index in [4.69, 9.17) is 19.3 Å². The third-order valence-corrected chi connectivity index (χ3v) is 3.58. The zero-order valence-corrected chi connectivity index (χ0v) is 11.1. The van der Waals surface area contributed by atoms with E-state index in [-0.39, 0.29) is 25.9 Å². The topological polar surface area (TPSA) is 118 Å². The van der Waals surface area contributed by atoms with Gasteiger partial charge in [-0.2, -0.15) is 4.91 Å². The lowest BCUT2D eigenvalue weighted by atomic mass is 10.0. The molecule has 8 nitrogen and oxygen atoms in total. The Morgan fingerprint density at radius 3 is 2.70 bits per heavy atom. The first-order valence-electron chi connectivity index (χ1n) is 6.81. The summed E-state index contributed by atoms with van der Waals surface area (Å²) in [4.78, 5) is 10.3. The molecule has 2 rings (SSSR count). The largest absolute Gasteiger partial charge is 0.394 e. The minimum atomic E-state index is -0.792. The van der Waals surface area contributed by atoms with Gasteiger partial charge in [-0.3, -0.25) is 0 Å². The summed E-state index contributed by atoms with van der Waals surface area (Å²) in [6, 6.07) is 0. The minimum Gasteiger partial charge on any atom is -0.394 e. The predicted molar refractivity (Wildman–Crippen MR) is 66.9 cm³/mol. The lowest BCUT2D eigenvalue weighted by Crippen LogP contribution is -2.47. The van der Waals surface area contributed by atoms with E-state index in [1.54, 1.807) is 0 Å². The van der Waals surface area contributed by atoms with Crippen molar-refractivity contribution in [3.63, 3.8) is 0 Å². The normalized spacial score (nSPS) is 42.4. The molecule has 2 fully saturated rings. The number of nitrogens with zero attached hydrogens (tertiary/aromatic N) is 1. The van der Waals surface area contributed by atoms with Crippen LogP contribution in [0.3, 0.4) is 0 Å². The van der Waals surface area contributed by atoms with Gasteiger partial charge in [0.15, 0.2) is 6.29 Å². The number of hydrogen-bond acceptors (Lipinski definition) is 8. The van der Waals surface area contributed by atoms with Gasteiger partial charge in [0.05, 0.1) is 37.6 Å². The number of rotatable bonds is 5. The molecule has 0 radical (unpaired) electrons. The van der Waals surface area contributed by atoms with Gasteiger partial charge in [-0.1, -0.05) is 5.18 Å². The Labute approximate surface area is 116 Å². The summed E-state index contributed by atoms with van der Waals surface area (Å²) in [7, 11) is 0. The van der Waals surface area contributed by atoms with E-state index in [9.17, 15) is 15.1 Å². The Balaban J connectivity index is 1.82. The fraction of sp³-hybridized carbons (Fsp3) is 1.00. The number of nitroso groups, excluding NO2 is 1. The molecule has 0 aliphatic carbocycles. The molecule has 2 saturated heterocycles. The van der Waals surface area contributed by atoms with Crippen LogP contribution in [0.2, 0.25) is 0 Å². The van der Waals surface area contributed by atoms with Crippen LogP contribution >= 0.6 is 0 Å². The molecule has 0 aromatic heterocycles. The van der Waals surface area contributed by atoms with E-state index in [0.717, 1.165) is 0 Å². The van der Waals surface area contributed by atoms with Crippen molar-refractivity contribution >= 4 is 0 Å². The van der Waals surface area contributed by atoms with E-state index >= 15 is 0 Å². The van der Waals surface area contributed by atoms with Gasteiger partial charge in [-0.25, -0.2) is 0 Å². The maximum Gasteiger partial charge on any atom is 0.161 e. The molecule has 20 heavy (non-hydrogen) atoms. The van der Waals surface area contributed by atoms with Crippen molar-refractivity contribution in [2.24, 2.45) is 5.18 Å². The molecule has 6 atom stereocenters. The summed E-state index contributed by atoms with van der Waals surface area (Å²) in [5.74, 6) is 0. The SMILES string of the molecule is O=NC[C@H]1C[C@@H](O)C[C@@H](O[C@H]2CO[C@H](CO)[C@@H](O)C2)O1. The highest BCUT2D eigenvalue weighted by Crippen LogP contribution is 2.25. The Hall–Kier alpha value is -0.640. The molecule has 2 heterocycles. The van der Waals surface area contributed by atoms with Gasteiger partial charge in [-0.05, 0) is 0 Å². The lowest BCUT2D eigenvalue weighted by molar-refractivity contribution is -0.256. The van der Waals surface area contributed by atoms with Gasteiger partial charge in [0, 0.05) is 19.3 Å². The van der Waals surface area contributed by atoms with Crippen LogP contribution in [-0.4, -0.2) is 71.9 Å². The van der Waals surface area contributed by atoms with Crippen molar-refractivity contribution in [3.05, 3.63) is 4.91 Å². The Morgan fingerprint density at radius 2 is 2.05 bits per heavy atom. The standard InChI is InChI=1S/C12H21NO7/c14-5-11-10(16)3-9(6-18-11)20-12-2-7(15)1-8(19-12)4-13-17/h7-12,14-16H,1-6H2/t7-,8-,9-,10+,11-,12-/m1/s1. The maximum absolute atomic E-state index is 10.3. The van der Waals surface area contributed by atoms with E-state index < -0.39 is 30.7 Å². The first kappa shape index (κ1) is 15.7. The van der Waals surface area contributed by atoms with Crippen LogP contribution in [0.25, 0.3) is 0 Å². The van der Waals surface area contributed by atoms with Gasteiger partial charge < -0.3 is 29.5 Å². The molecule has 0 spiro atoms. The lowest BCUT2D eigenvalue weighted by Gasteiger charge is -2.37. The third kappa shape index (κ3) is 4.18. The number of hydrogen-bond donors (Lipinski definition) is 3. The summed E-state index contributed by atoms with van der Waals surface area (Å²) >= 11 is 0. The number of ether oxygens (including phenoxy) is 3. The second-order valence-corrected chi connectivity index (χ2v) is 5.24. The first-order chi connectivity index (χ1) is 9.62. The van der Waals surface area contributed by atoms with Crippen molar-refractivity contribution in [2.75, 3.05) is 19.8 Å². The predicted octanol–water partition coefficient (Wildman–Crippen LogP) is -0.854. The Bertz CT molecular complexity index is 316. The zero-order chi connectivity index (χ0) is 14.5. The monoisotopic (exact) mass is 291 g/mol. The van der Waals surface area contributed by atoms with E-state index in [1.807, 2.05) is 0 Å². The molecule has 0 saturated carbocycles. The van der Waals surface area contributed by atoms with Crippen molar-refractivity contribution in [1.82, 2.24) is 0 Å². The second kappa shape index (κ2) is 7.39. The summed E-state index contributed by atoms with van der Waals surface area (Å²) in [5, 5.41) is 31.2. The van der Waals surface area contributed by atoms with Crippen LogP contribution in [0.4, 0.5) is 0 Å². The van der Waals surface area contributed by atoms with Crippen LogP contribution in [0.1, 0.15) is 19.3 Å². The van der Waals surface area contributed by atoms with Crippen LogP contribution < -0.4 is 0 Å². The molecule has 8 heteroatoms. The van der Waals surface area contributed by atoms with E-state index in [2.05, 4.69) is 5.18 Å². The molecule has 0 aromatic rings. The van der Waals surface area contributed by atoms with Crippen LogP contribution in [0.5, 0.6) is 0 Å². The second-order valence-electron chi connectivity index (χ2n) is 5.24. The number of aliphatic hydroxyl groups is 3. The minimum absolute atomic E-state index is 0.0205. The summed E-state index contributed by atoms with van der Waals surface area (Å²) in [6.45, 7) is -0.0122. The molecule has 0 aromatic carbocycles. The van der Waals surface area contributed by atoms with Gasteiger partial charge in [0.2, 0.25) is 0 Å². The van der Waals surface area contributed by atoms with Crippen molar-refractivity contribution in [2.45, 2.75) is 56.1 Å². The first-order valence-corrected chi connectivity index (χ1v) is 6.81. The third-order valence-electron chi connectivity index (χ3n) is 3.58. The van der Waals surface area contributed by atoms with Crippen LogP contribution in [-0.2, 0) is 14.2 Å². The fourth-order valence-corrected chi connectivity index (χ4v) is 2.55. The fourth-order valence-electron chi connectivity index (χ4n) is 2.55. The summed E-state index contributed by atoms with van der Waals surface area (Å²) in [5.41, 5.74) is 0. The summed E-state index contributed by atoms with van der Waals surface area (Å²) in [6.07, 6.45) is -2.42. The highest BCUT2D eigenvalue weighted by molar-refractivity contribution is 4.80. The Morgan fingerprint density at radius 1 is 1.25 bits per heavy atom. The molecule has 0 unspecified atom stereocenters. The molecular weight excluding hydrogens is 270 g/mol. The molecule has 3 N–H and O–H groups in total. The summed E-state index contributed by atoms with van der Waals surface area (Å²) < 4.78 is 16.5. The van der Waals surface area contributed by atoms with E-state index in [1.165, 1.54) is 0 Å². The molecule has 116 valence electrons.